The van der Waals surface area contributed by atoms with Crippen LogP contribution in [0.2, 0.25) is 5.02 Å². The fourth-order valence-corrected chi connectivity index (χ4v) is 3.23. The summed E-state index contributed by atoms with van der Waals surface area (Å²) in [5, 5.41) is 0.534. The van der Waals surface area contributed by atoms with Gasteiger partial charge in [-0.25, -0.2) is 4.39 Å². The smallest absolute Gasteiger partial charge is 0.124 e. The Morgan fingerprint density at radius 1 is 1.17 bits per heavy atom. The summed E-state index contributed by atoms with van der Waals surface area (Å²) in [6.07, 6.45) is 8.31. The average Bonchev–Trinajstić information content (AvgIpc) is 2.59. The molecule has 0 atom stereocenters. The van der Waals surface area contributed by atoms with E-state index in [0.29, 0.717) is 11.6 Å². The van der Waals surface area contributed by atoms with E-state index < -0.39 is 0 Å². The van der Waals surface area contributed by atoms with E-state index in [1.807, 2.05) is 0 Å². The largest absolute Gasteiger partial charge is 0.330 e. The average molecular weight is 270 g/mol. The highest BCUT2D eigenvalue weighted by Gasteiger charge is 2.30. The summed E-state index contributed by atoms with van der Waals surface area (Å²) >= 11 is 6.13. The van der Waals surface area contributed by atoms with Gasteiger partial charge in [-0.3, -0.25) is 0 Å². The van der Waals surface area contributed by atoms with Crippen molar-refractivity contribution in [2.24, 2.45) is 11.1 Å². The second-order valence-electron chi connectivity index (χ2n) is 5.53. The summed E-state index contributed by atoms with van der Waals surface area (Å²) in [6, 6.07) is 4.69. The van der Waals surface area contributed by atoms with Gasteiger partial charge in [-0.2, -0.15) is 0 Å². The minimum absolute atomic E-state index is 0.165. The molecule has 1 aliphatic carbocycles. The summed E-state index contributed by atoms with van der Waals surface area (Å²) in [7, 11) is 0. The van der Waals surface area contributed by atoms with E-state index in [9.17, 15) is 4.39 Å². The molecule has 0 aromatic heterocycles. The number of nitrogens with two attached hydrogens (primary N) is 1. The van der Waals surface area contributed by atoms with E-state index in [-0.39, 0.29) is 11.2 Å². The molecule has 100 valence electrons. The normalized spacial score (nSPS) is 19.5. The van der Waals surface area contributed by atoms with E-state index in [0.717, 1.165) is 24.8 Å². The molecule has 0 bridgehead atoms. The van der Waals surface area contributed by atoms with Crippen molar-refractivity contribution in [3.63, 3.8) is 0 Å². The van der Waals surface area contributed by atoms with Crippen LogP contribution >= 0.6 is 11.6 Å². The number of hydrogen-bond donors (Lipinski definition) is 1. The maximum atomic E-state index is 13.1. The van der Waals surface area contributed by atoms with Crippen molar-refractivity contribution in [3.8, 4) is 0 Å². The van der Waals surface area contributed by atoms with Crippen molar-refractivity contribution in [2.75, 3.05) is 6.54 Å². The number of rotatable bonds is 3. The third-order valence-electron chi connectivity index (χ3n) is 4.18. The second kappa shape index (κ2) is 6.03. The van der Waals surface area contributed by atoms with Crippen LogP contribution in [-0.2, 0) is 6.42 Å². The first-order valence-electron chi connectivity index (χ1n) is 6.79. The number of benzene rings is 1. The molecular formula is C15H21ClFN. The first-order chi connectivity index (χ1) is 8.65. The monoisotopic (exact) mass is 269 g/mol. The van der Waals surface area contributed by atoms with Crippen molar-refractivity contribution in [1.29, 1.82) is 0 Å². The van der Waals surface area contributed by atoms with E-state index in [4.69, 9.17) is 17.3 Å². The second-order valence-corrected chi connectivity index (χ2v) is 5.94. The molecule has 1 aliphatic rings. The fourth-order valence-electron chi connectivity index (χ4n) is 3.00. The zero-order valence-electron chi connectivity index (χ0n) is 10.7. The zero-order valence-corrected chi connectivity index (χ0v) is 11.5. The summed E-state index contributed by atoms with van der Waals surface area (Å²) < 4.78 is 13.1. The van der Waals surface area contributed by atoms with Crippen LogP contribution in [0.5, 0.6) is 0 Å². The summed E-state index contributed by atoms with van der Waals surface area (Å²) in [6.45, 7) is 0.695. The molecule has 0 unspecified atom stereocenters. The lowest BCUT2D eigenvalue weighted by Crippen LogP contribution is -2.32. The van der Waals surface area contributed by atoms with E-state index in [1.54, 1.807) is 6.07 Å². The topological polar surface area (TPSA) is 26.0 Å². The lowest BCUT2D eigenvalue weighted by Gasteiger charge is -2.32. The maximum Gasteiger partial charge on any atom is 0.124 e. The Morgan fingerprint density at radius 3 is 2.39 bits per heavy atom. The molecule has 0 aliphatic heterocycles. The van der Waals surface area contributed by atoms with Gasteiger partial charge in [0.25, 0.3) is 0 Å². The van der Waals surface area contributed by atoms with Crippen molar-refractivity contribution in [2.45, 2.75) is 44.9 Å². The van der Waals surface area contributed by atoms with E-state index >= 15 is 0 Å². The molecule has 0 spiro atoms. The highest BCUT2D eigenvalue weighted by Crippen LogP contribution is 2.38. The molecule has 3 heteroatoms. The third-order valence-corrected chi connectivity index (χ3v) is 4.53. The van der Waals surface area contributed by atoms with Crippen LogP contribution < -0.4 is 5.73 Å². The molecule has 18 heavy (non-hydrogen) atoms. The van der Waals surface area contributed by atoms with Crippen molar-refractivity contribution >= 4 is 11.6 Å². The first-order valence-corrected chi connectivity index (χ1v) is 7.17. The highest BCUT2D eigenvalue weighted by molar-refractivity contribution is 6.31. The Labute approximate surface area is 114 Å². The quantitative estimate of drug-likeness (QED) is 0.813. The summed E-state index contributed by atoms with van der Waals surface area (Å²) in [4.78, 5) is 0. The van der Waals surface area contributed by atoms with Gasteiger partial charge in [-0.15, -0.1) is 0 Å². The zero-order chi connectivity index (χ0) is 13.0. The van der Waals surface area contributed by atoms with Gasteiger partial charge in [0.1, 0.15) is 5.82 Å². The molecule has 1 saturated carbocycles. The molecule has 2 rings (SSSR count). The molecule has 2 N–H and O–H groups in total. The first kappa shape index (κ1) is 13.8. The van der Waals surface area contributed by atoms with Crippen LogP contribution in [0.3, 0.4) is 0 Å². The van der Waals surface area contributed by atoms with Crippen molar-refractivity contribution in [1.82, 2.24) is 0 Å². The lowest BCUT2D eigenvalue weighted by molar-refractivity contribution is 0.252. The molecule has 1 aromatic rings. The Bertz CT molecular complexity index is 397. The maximum absolute atomic E-state index is 13.1. The van der Waals surface area contributed by atoms with Gasteiger partial charge in [0.15, 0.2) is 0 Å². The van der Waals surface area contributed by atoms with Gasteiger partial charge in [-0.05, 0) is 48.9 Å². The summed E-state index contributed by atoms with van der Waals surface area (Å²) in [5.41, 5.74) is 7.22. The Hall–Kier alpha value is -0.600. The predicted octanol–water partition coefficient (Wildman–Crippen LogP) is 4.32. The van der Waals surface area contributed by atoms with Crippen LogP contribution in [0.15, 0.2) is 18.2 Å². The van der Waals surface area contributed by atoms with E-state index in [1.165, 1.54) is 37.8 Å². The molecule has 1 aromatic carbocycles. The lowest BCUT2D eigenvalue weighted by atomic mass is 9.75. The van der Waals surface area contributed by atoms with Gasteiger partial charge in [0.2, 0.25) is 0 Å². The molecule has 0 saturated heterocycles. The van der Waals surface area contributed by atoms with Crippen LogP contribution in [0.4, 0.5) is 4.39 Å². The fraction of sp³-hybridized carbons (Fsp3) is 0.600. The van der Waals surface area contributed by atoms with Crippen LogP contribution in [-0.4, -0.2) is 6.54 Å². The highest BCUT2D eigenvalue weighted by atomic mass is 35.5. The van der Waals surface area contributed by atoms with Gasteiger partial charge < -0.3 is 5.73 Å². The Kier molecular flexibility index (Phi) is 4.63. The van der Waals surface area contributed by atoms with Crippen LogP contribution in [0.1, 0.15) is 44.1 Å². The van der Waals surface area contributed by atoms with Gasteiger partial charge in [-0.1, -0.05) is 43.4 Å². The third kappa shape index (κ3) is 3.24. The van der Waals surface area contributed by atoms with Gasteiger partial charge >= 0.3 is 0 Å². The SMILES string of the molecule is NCC1(Cc2ccc(F)cc2Cl)CCCCCC1. The molecule has 0 radical (unpaired) electrons. The summed E-state index contributed by atoms with van der Waals surface area (Å²) in [5.74, 6) is -0.272. The van der Waals surface area contributed by atoms with E-state index in [2.05, 4.69) is 0 Å². The van der Waals surface area contributed by atoms with Gasteiger partial charge in [0.05, 0.1) is 0 Å². The Balaban J connectivity index is 2.18. The number of halogens is 2. The molecule has 1 fully saturated rings. The number of hydrogen-bond acceptors (Lipinski definition) is 1. The standard InChI is InChI=1S/C15H21ClFN/c16-14-9-13(17)6-5-12(14)10-15(11-18)7-3-1-2-4-8-15/h5-6,9H,1-4,7-8,10-11,18H2. The van der Waals surface area contributed by atoms with Crippen LogP contribution in [0, 0.1) is 11.2 Å². The molecule has 1 nitrogen and oxygen atoms in total. The van der Waals surface area contributed by atoms with Crippen molar-refractivity contribution < 1.29 is 4.39 Å². The Morgan fingerprint density at radius 2 is 1.83 bits per heavy atom. The molecule has 0 heterocycles. The van der Waals surface area contributed by atoms with Crippen LogP contribution in [0.25, 0.3) is 0 Å². The predicted molar refractivity (Wildman–Crippen MR) is 74.3 cm³/mol. The molecule has 0 amide bonds. The minimum Gasteiger partial charge on any atom is -0.330 e. The van der Waals surface area contributed by atoms with Gasteiger partial charge in [0, 0.05) is 5.02 Å². The van der Waals surface area contributed by atoms with Crippen molar-refractivity contribution in [3.05, 3.63) is 34.6 Å². The molecular weight excluding hydrogens is 249 g/mol. The minimum atomic E-state index is -0.272.